The van der Waals surface area contributed by atoms with Crippen molar-refractivity contribution in [2.75, 3.05) is 13.1 Å². The summed E-state index contributed by atoms with van der Waals surface area (Å²) < 4.78 is 2.19. The maximum Gasteiger partial charge on any atom is 0.254 e. The molecule has 0 saturated heterocycles. The largest absolute Gasteiger partial charge is 0.508 e. The van der Waals surface area contributed by atoms with E-state index >= 15 is 0 Å². The van der Waals surface area contributed by atoms with Crippen molar-refractivity contribution >= 4 is 16.9 Å². The molecule has 0 aliphatic rings. The highest BCUT2D eigenvalue weighted by Crippen LogP contribution is 2.33. The molecule has 1 heterocycles. The van der Waals surface area contributed by atoms with Crippen molar-refractivity contribution in [3.8, 4) is 5.75 Å². The second kappa shape index (κ2) is 11.0. The number of hydrogen-bond donors (Lipinski definition) is 2. The number of phenolic OH excluding ortho intramolecular Hbond substituents is 1. The number of aromatic hydroxyl groups is 1. The van der Waals surface area contributed by atoms with Crippen LogP contribution >= 0.6 is 0 Å². The number of hydrogen-bond acceptors (Lipinski definition) is 4. The molecule has 1 amide bonds. The Labute approximate surface area is 213 Å². The van der Waals surface area contributed by atoms with Crippen LogP contribution in [0.5, 0.6) is 5.75 Å². The van der Waals surface area contributed by atoms with E-state index in [4.69, 9.17) is 10.7 Å². The lowest BCUT2D eigenvalue weighted by molar-refractivity contribution is 0.0605. The highest BCUT2D eigenvalue weighted by molar-refractivity contribution is 5.94. The quantitative estimate of drug-likeness (QED) is 0.324. The molecule has 188 valence electrons. The lowest BCUT2D eigenvalue weighted by Gasteiger charge is -2.34. The Bertz CT molecular complexity index is 1340. The SMILES string of the molecule is Cc1ccc(C(=O)N(CCCN)C(c2nc3cc(C)ccc3n2Cc2cccc(O)c2)C(C)C)cc1. The van der Waals surface area contributed by atoms with E-state index in [0.717, 1.165) is 33.5 Å². The van der Waals surface area contributed by atoms with Crippen LogP contribution in [0.2, 0.25) is 0 Å². The summed E-state index contributed by atoms with van der Waals surface area (Å²) in [5.41, 5.74) is 11.7. The third kappa shape index (κ3) is 5.44. The number of benzene rings is 3. The summed E-state index contributed by atoms with van der Waals surface area (Å²) in [4.78, 5) is 20.9. The van der Waals surface area contributed by atoms with Crippen LogP contribution in [0, 0.1) is 19.8 Å². The third-order valence-corrected chi connectivity index (χ3v) is 6.58. The lowest BCUT2D eigenvalue weighted by atomic mass is 9.99. The summed E-state index contributed by atoms with van der Waals surface area (Å²) in [6.45, 7) is 9.92. The molecule has 1 atom stereocenters. The van der Waals surface area contributed by atoms with Gasteiger partial charge in [-0.05, 0) is 80.3 Å². The lowest BCUT2D eigenvalue weighted by Crippen LogP contribution is -2.40. The number of fused-ring (bicyclic) bond motifs is 1. The zero-order valence-corrected chi connectivity index (χ0v) is 21.6. The molecule has 3 aromatic carbocycles. The van der Waals surface area contributed by atoms with Crippen LogP contribution in [0.4, 0.5) is 0 Å². The fourth-order valence-electron chi connectivity index (χ4n) is 4.78. The smallest absolute Gasteiger partial charge is 0.254 e. The molecule has 0 aliphatic carbocycles. The van der Waals surface area contributed by atoms with Gasteiger partial charge in [-0.3, -0.25) is 4.79 Å². The summed E-state index contributed by atoms with van der Waals surface area (Å²) in [6.07, 6.45) is 0.701. The number of phenols is 1. The highest BCUT2D eigenvalue weighted by atomic mass is 16.3. The molecule has 36 heavy (non-hydrogen) atoms. The standard InChI is InChI=1S/C30H36N4O2/c1-20(2)28(33(16-6-15-31)30(36)24-12-9-21(3)10-13-24)29-32-26-17-22(4)11-14-27(26)34(29)19-23-7-5-8-25(35)18-23/h5,7-14,17-18,20,28,35H,6,15-16,19,31H2,1-4H3. The minimum Gasteiger partial charge on any atom is -0.508 e. The van der Waals surface area contributed by atoms with Crippen LogP contribution in [0.1, 0.15) is 59.2 Å². The summed E-state index contributed by atoms with van der Waals surface area (Å²) >= 11 is 0. The van der Waals surface area contributed by atoms with Gasteiger partial charge in [0.2, 0.25) is 0 Å². The predicted octanol–water partition coefficient (Wildman–Crippen LogP) is 5.60. The van der Waals surface area contributed by atoms with Gasteiger partial charge in [0, 0.05) is 18.7 Å². The summed E-state index contributed by atoms with van der Waals surface area (Å²) in [7, 11) is 0. The third-order valence-electron chi connectivity index (χ3n) is 6.58. The molecule has 0 bridgehead atoms. The minimum absolute atomic E-state index is 0.0192. The number of carbonyl (C=O) groups is 1. The topological polar surface area (TPSA) is 84.4 Å². The monoisotopic (exact) mass is 484 g/mol. The van der Waals surface area contributed by atoms with Gasteiger partial charge in [-0.1, -0.05) is 49.7 Å². The van der Waals surface area contributed by atoms with E-state index in [2.05, 4.69) is 43.5 Å². The van der Waals surface area contributed by atoms with Gasteiger partial charge < -0.3 is 20.3 Å². The number of nitrogens with zero attached hydrogens (tertiary/aromatic N) is 3. The first kappa shape index (κ1) is 25.5. The van der Waals surface area contributed by atoms with Gasteiger partial charge in [0.15, 0.2) is 0 Å². The maximum absolute atomic E-state index is 13.9. The zero-order valence-electron chi connectivity index (χ0n) is 21.6. The molecule has 1 aromatic heterocycles. The Hall–Kier alpha value is -3.64. The van der Waals surface area contributed by atoms with Crippen molar-refractivity contribution in [1.29, 1.82) is 0 Å². The average Bonchev–Trinajstić information content (AvgIpc) is 3.18. The van der Waals surface area contributed by atoms with E-state index < -0.39 is 0 Å². The second-order valence-electron chi connectivity index (χ2n) is 9.91. The number of imidazole rings is 1. The Morgan fingerprint density at radius 2 is 1.75 bits per heavy atom. The summed E-state index contributed by atoms with van der Waals surface area (Å²) in [6, 6.07) is 21.0. The molecule has 1 unspecified atom stereocenters. The van der Waals surface area contributed by atoms with E-state index in [-0.39, 0.29) is 23.6 Å². The minimum atomic E-state index is -0.254. The first-order valence-electron chi connectivity index (χ1n) is 12.6. The highest BCUT2D eigenvalue weighted by Gasteiger charge is 2.32. The Morgan fingerprint density at radius 1 is 1.03 bits per heavy atom. The van der Waals surface area contributed by atoms with Crippen LogP contribution in [0.3, 0.4) is 0 Å². The van der Waals surface area contributed by atoms with Crippen LogP contribution in [0.15, 0.2) is 66.7 Å². The van der Waals surface area contributed by atoms with E-state index in [1.807, 2.05) is 48.2 Å². The average molecular weight is 485 g/mol. The molecule has 0 fully saturated rings. The molecule has 6 nitrogen and oxygen atoms in total. The molecule has 0 saturated carbocycles. The van der Waals surface area contributed by atoms with Gasteiger partial charge >= 0.3 is 0 Å². The van der Waals surface area contributed by atoms with Crippen molar-refractivity contribution < 1.29 is 9.90 Å². The van der Waals surface area contributed by atoms with E-state index in [0.29, 0.717) is 31.6 Å². The first-order chi connectivity index (χ1) is 17.3. The predicted molar refractivity (Wildman–Crippen MR) is 145 cm³/mol. The second-order valence-corrected chi connectivity index (χ2v) is 9.91. The Balaban J connectivity index is 1.86. The molecule has 4 rings (SSSR count). The molecular formula is C30H36N4O2. The zero-order chi connectivity index (χ0) is 25.8. The van der Waals surface area contributed by atoms with Gasteiger partial charge in [-0.2, -0.15) is 0 Å². The maximum atomic E-state index is 13.9. The number of aromatic nitrogens is 2. The van der Waals surface area contributed by atoms with Crippen LogP contribution in [-0.2, 0) is 6.54 Å². The van der Waals surface area contributed by atoms with E-state index in [1.165, 1.54) is 0 Å². The van der Waals surface area contributed by atoms with Gasteiger partial charge in [-0.15, -0.1) is 0 Å². The summed E-state index contributed by atoms with van der Waals surface area (Å²) in [5.74, 6) is 1.16. The van der Waals surface area contributed by atoms with Crippen molar-refractivity contribution in [3.05, 3.63) is 94.8 Å². The van der Waals surface area contributed by atoms with Gasteiger partial charge in [0.25, 0.3) is 5.91 Å². The van der Waals surface area contributed by atoms with Crippen molar-refractivity contribution in [2.24, 2.45) is 11.7 Å². The van der Waals surface area contributed by atoms with Crippen molar-refractivity contribution in [1.82, 2.24) is 14.5 Å². The van der Waals surface area contributed by atoms with Crippen LogP contribution in [-0.4, -0.2) is 38.6 Å². The fraction of sp³-hybridized carbons (Fsp3) is 0.333. The van der Waals surface area contributed by atoms with Gasteiger partial charge in [0.1, 0.15) is 11.6 Å². The number of aryl methyl sites for hydroxylation is 2. The molecule has 0 spiro atoms. The van der Waals surface area contributed by atoms with Crippen LogP contribution in [0.25, 0.3) is 11.0 Å². The van der Waals surface area contributed by atoms with Crippen LogP contribution < -0.4 is 5.73 Å². The molecule has 3 N–H and O–H groups in total. The molecule has 0 radical (unpaired) electrons. The van der Waals surface area contributed by atoms with Crippen molar-refractivity contribution in [2.45, 2.75) is 46.7 Å². The molecule has 0 aliphatic heterocycles. The molecule has 6 heteroatoms. The van der Waals surface area contributed by atoms with Crippen molar-refractivity contribution in [3.63, 3.8) is 0 Å². The normalized spacial score (nSPS) is 12.3. The molecule has 4 aromatic rings. The number of nitrogens with two attached hydrogens (primary N) is 1. The number of carbonyl (C=O) groups excluding carboxylic acids is 1. The Morgan fingerprint density at radius 3 is 2.42 bits per heavy atom. The van der Waals surface area contributed by atoms with Gasteiger partial charge in [0.05, 0.1) is 17.1 Å². The van der Waals surface area contributed by atoms with E-state index in [1.54, 1.807) is 12.1 Å². The first-order valence-corrected chi connectivity index (χ1v) is 12.6. The van der Waals surface area contributed by atoms with Gasteiger partial charge in [-0.25, -0.2) is 4.98 Å². The fourth-order valence-corrected chi connectivity index (χ4v) is 4.78. The number of amides is 1. The summed E-state index contributed by atoms with van der Waals surface area (Å²) in [5, 5.41) is 10.1. The van der Waals surface area contributed by atoms with E-state index in [9.17, 15) is 9.90 Å². The molecular weight excluding hydrogens is 448 g/mol. The Kier molecular flexibility index (Phi) is 7.75. The number of rotatable bonds is 9.